The van der Waals surface area contributed by atoms with Gasteiger partial charge in [0.1, 0.15) is 11.2 Å². The van der Waals surface area contributed by atoms with Gasteiger partial charge in [0.15, 0.2) is 0 Å². The maximum atomic E-state index is 6.27. The van der Waals surface area contributed by atoms with Crippen LogP contribution in [0.3, 0.4) is 0 Å². The fourth-order valence-corrected chi connectivity index (χ4v) is 8.57. The predicted octanol–water partition coefficient (Wildman–Crippen LogP) is 12.4. The largest absolute Gasteiger partial charge is 0.456 e. The van der Waals surface area contributed by atoms with Crippen molar-refractivity contribution < 1.29 is 4.42 Å². The summed E-state index contributed by atoms with van der Waals surface area (Å²) in [6.45, 7) is 0. The van der Waals surface area contributed by atoms with E-state index in [9.17, 15) is 0 Å². The van der Waals surface area contributed by atoms with Crippen molar-refractivity contribution in [1.82, 2.24) is 4.57 Å². The van der Waals surface area contributed by atoms with Crippen molar-refractivity contribution in [2.75, 3.05) is 0 Å². The minimum absolute atomic E-state index is 0.937. The van der Waals surface area contributed by atoms with Crippen LogP contribution in [0.1, 0.15) is 0 Å². The van der Waals surface area contributed by atoms with Gasteiger partial charge in [-0.1, -0.05) is 103 Å². The summed E-state index contributed by atoms with van der Waals surface area (Å²) in [6, 6.07) is 54.6. The maximum absolute atomic E-state index is 6.27. The van der Waals surface area contributed by atoms with Crippen LogP contribution in [0.25, 0.3) is 91.9 Å². The number of rotatable bonds is 3. The fraction of sp³-hybridized carbons (Fsp3) is 0. The Morgan fingerprint density at radius 2 is 1.00 bits per heavy atom. The summed E-state index contributed by atoms with van der Waals surface area (Å²) in [6.07, 6.45) is 0. The van der Waals surface area contributed by atoms with E-state index in [1.807, 2.05) is 17.4 Å². The first kappa shape index (κ1) is 24.8. The molecule has 10 rings (SSSR count). The SMILES string of the molecule is c1ccc(-c2cc(-c3ccccc3)cc(-n3c4ccccc4c4c5sc6c(ccc7oc8ccccc8c76)c5ccc43)c2)cc1. The van der Waals surface area contributed by atoms with Crippen LogP contribution < -0.4 is 0 Å². The normalized spacial score (nSPS) is 12.0. The Balaban J connectivity index is 1.31. The highest BCUT2D eigenvalue weighted by molar-refractivity contribution is 7.27. The van der Waals surface area contributed by atoms with Crippen LogP contribution in [0, 0.1) is 0 Å². The van der Waals surface area contributed by atoms with Gasteiger partial charge in [0, 0.05) is 47.4 Å². The van der Waals surface area contributed by atoms with E-state index in [2.05, 4.69) is 150 Å². The predicted molar refractivity (Wildman–Crippen MR) is 192 cm³/mol. The number of fused-ring (bicyclic) bond motifs is 11. The summed E-state index contributed by atoms with van der Waals surface area (Å²) >= 11 is 1.89. The van der Waals surface area contributed by atoms with Gasteiger partial charge < -0.3 is 8.98 Å². The third kappa shape index (κ3) is 3.62. The lowest BCUT2D eigenvalue weighted by atomic mass is 9.98. The van der Waals surface area contributed by atoms with Gasteiger partial charge >= 0.3 is 0 Å². The van der Waals surface area contributed by atoms with Crippen molar-refractivity contribution in [2.24, 2.45) is 0 Å². The van der Waals surface area contributed by atoms with Crippen LogP contribution in [-0.4, -0.2) is 4.57 Å². The number of para-hydroxylation sites is 2. The summed E-state index contributed by atoms with van der Waals surface area (Å²) in [7, 11) is 0. The number of aromatic nitrogens is 1. The molecule has 7 aromatic carbocycles. The Kier molecular flexibility index (Phi) is 5.19. The van der Waals surface area contributed by atoms with Crippen molar-refractivity contribution in [3.8, 4) is 27.9 Å². The molecule has 0 saturated carbocycles. The minimum atomic E-state index is 0.937. The molecular formula is C42H25NOS. The van der Waals surface area contributed by atoms with Gasteiger partial charge in [-0.3, -0.25) is 0 Å². The van der Waals surface area contributed by atoms with Crippen molar-refractivity contribution in [2.45, 2.75) is 0 Å². The average molecular weight is 592 g/mol. The fourth-order valence-electron chi connectivity index (χ4n) is 7.17. The van der Waals surface area contributed by atoms with Crippen molar-refractivity contribution in [3.63, 3.8) is 0 Å². The second-order valence-corrected chi connectivity index (χ2v) is 12.7. The molecule has 3 heteroatoms. The Hall–Kier alpha value is -5.64. The van der Waals surface area contributed by atoms with Gasteiger partial charge in [-0.15, -0.1) is 11.3 Å². The highest BCUT2D eigenvalue weighted by Gasteiger charge is 2.20. The summed E-state index contributed by atoms with van der Waals surface area (Å²) in [4.78, 5) is 0. The molecule has 0 bridgehead atoms. The molecule has 45 heavy (non-hydrogen) atoms. The third-order valence-electron chi connectivity index (χ3n) is 9.17. The van der Waals surface area contributed by atoms with Crippen LogP contribution in [0.15, 0.2) is 156 Å². The van der Waals surface area contributed by atoms with E-state index in [0.29, 0.717) is 0 Å². The second kappa shape index (κ2) is 9.43. The number of thiophene rings is 1. The molecule has 10 aromatic rings. The molecule has 0 aliphatic rings. The number of nitrogens with zero attached hydrogens (tertiary/aromatic N) is 1. The minimum Gasteiger partial charge on any atom is -0.456 e. The average Bonchev–Trinajstić information content (AvgIpc) is 3.78. The number of hydrogen-bond donors (Lipinski definition) is 0. The van der Waals surface area contributed by atoms with E-state index in [1.54, 1.807) is 0 Å². The smallest absolute Gasteiger partial charge is 0.136 e. The molecular weight excluding hydrogens is 567 g/mol. The van der Waals surface area contributed by atoms with Crippen molar-refractivity contribution in [3.05, 3.63) is 152 Å². The Bertz CT molecular complexity index is 2690. The van der Waals surface area contributed by atoms with Crippen LogP contribution >= 0.6 is 11.3 Å². The van der Waals surface area contributed by atoms with Crippen LogP contribution in [0.2, 0.25) is 0 Å². The molecule has 0 unspecified atom stereocenters. The lowest BCUT2D eigenvalue weighted by Gasteiger charge is -2.14. The summed E-state index contributed by atoms with van der Waals surface area (Å²) in [5, 5.41) is 7.53. The van der Waals surface area contributed by atoms with Gasteiger partial charge in [0.05, 0.1) is 11.0 Å². The molecule has 0 aliphatic carbocycles. The van der Waals surface area contributed by atoms with Gasteiger partial charge in [-0.2, -0.15) is 0 Å². The van der Waals surface area contributed by atoms with Crippen molar-refractivity contribution >= 4 is 75.3 Å². The first-order chi connectivity index (χ1) is 22.3. The standard InChI is InChI=1S/C42H25NOS/c1-3-11-26(12-4-1)28-23-29(27-13-5-2-6-14-27)25-30(24-28)43-35-17-9-7-15-33(35)39-36(43)21-19-31-32-20-22-38-40(42(32)45-41(31)39)34-16-8-10-18-37(34)44-38/h1-25H. The van der Waals surface area contributed by atoms with E-state index in [-0.39, 0.29) is 0 Å². The van der Waals surface area contributed by atoms with Crippen LogP contribution in [0.4, 0.5) is 0 Å². The third-order valence-corrected chi connectivity index (χ3v) is 10.4. The van der Waals surface area contributed by atoms with Gasteiger partial charge in [0.25, 0.3) is 0 Å². The first-order valence-corrected chi connectivity index (χ1v) is 16.1. The van der Waals surface area contributed by atoms with E-state index in [4.69, 9.17) is 4.42 Å². The summed E-state index contributed by atoms with van der Waals surface area (Å²) in [5.41, 5.74) is 10.3. The van der Waals surface area contributed by atoms with E-state index < -0.39 is 0 Å². The second-order valence-electron chi connectivity index (χ2n) is 11.7. The monoisotopic (exact) mass is 591 g/mol. The molecule has 210 valence electrons. The lowest BCUT2D eigenvalue weighted by Crippen LogP contribution is -1.96. The molecule has 2 nitrogen and oxygen atoms in total. The molecule has 3 heterocycles. The van der Waals surface area contributed by atoms with Crippen LogP contribution in [0.5, 0.6) is 0 Å². The number of benzene rings is 7. The Morgan fingerprint density at radius 3 is 1.73 bits per heavy atom. The molecule has 0 atom stereocenters. The maximum Gasteiger partial charge on any atom is 0.136 e. The highest BCUT2D eigenvalue weighted by atomic mass is 32.1. The molecule has 0 N–H and O–H groups in total. The van der Waals surface area contributed by atoms with Crippen LogP contribution in [-0.2, 0) is 0 Å². The van der Waals surface area contributed by atoms with E-state index in [0.717, 1.165) is 16.9 Å². The zero-order chi connectivity index (χ0) is 29.5. The molecule has 0 saturated heterocycles. The molecule has 0 radical (unpaired) electrons. The molecule has 0 amide bonds. The van der Waals surface area contributed by atoms with Gasteiger partial charge in [-0.25, -0.2) is 0 Å². The Morgan fingerprint density at radius 1 is 0.400 bits per heavy atom. The highest BCUT2D eigenvalue weighted by Crippen LogP contribution is 2.47. The number of furan rings is 1. The zero-order valence-corrected chi connectivity index (χ0v) is 25.0. The van der Waals surface area contributed by atoms with Gasteiger partial charge in [0.2, 0.25) is 0 Å². The summed E-state index contributed by atoms with van der Waals surface area (Å²) in [5.74, 6) is 0. The zero-order valence-electron chi connectivity index (χ0n) is 24.2. The molecule has 0 spiro atoms. The Labute approximate surface area is 263 Å². The first-order valence-electron chi connectivity index (χ1n) is 15.3. The lowest BCUT2D eigenvalue weighted by molar-refractivity contribution is 0.669. The van der Waals surface area contributed by atoms with E-state index in [1.165, 1.54) is 75.0 Å². The topological polar surface area (TPSA) is 18.1 Å². The van der Waals surface area contributed by atoms with Crippen molar-refractivity contribution in [1.29, 1.82) is 0 Å². The van der Waals surface area contributed by atoms with Gasteiger partial charge in [-0.05, 0) is 70.8 Å². The molecule has 0 fully saturated rings. The summed E-state index contributed by atoms with van der Waals surface area (Å²) < 4.78 is 11.3. The number of hydrogen-bond acceptors (Lipinski definition) is 2. The van der Waals surface area contributed by atoms with E-state index >= 15 is 0 Å². The molecule has 0 aliphatic heterocycles. The molecule has 3 aromatic heterocycles. The quantitative estimate of drug-likeness (QED) is 0.200.